The summed E-state index contributed by atoms with van der Waals surface area (Å²) in [6, 6.07) is 3.17. The molecule has 0 aliphatic rings. The average Bonchev–Trinajstić information content (AvgIpc) is 2.20. The molecule has 1 amide bonds. The molecule has 15 heavy (non-hydrogen) atoms. The molecule has 1 aromatic rings. The molecule has 0 aromatic heterocycles. The summed E-state index contributed by atoms with van der Waals surface area (Å²) in [6.45, 7) is 0. The van der Waals surface area contributed by atoms with Gasteiger partial charge >= 0.3 is 6.43 Å². The fourth-order valence-electron chi connectivity index (χ4n) is 0.956. The molecule has 1 rings (SSSR count). The molecule has 0 unspecified atom stereocenters. The maximum absolute atomic E-state index is 12.7. The van der Waals surface area contributed by atoms with Crippen LogP contribution in [0.3, 0.4) is 0 Å². The first kappa shape index (κ1) is 11.4. The molecule has 0 atom stereocenters. The molecule has 0 bridgehead atoms. The molecule has 0 spiro atoms. The number of carbonyl (C=O) groups excluding carboxylic acids is 1. The lowest BCUT2D eigenvalue weighted by Crippen LogP contribution is -2.20. The topological polar surface area (TPSA) is 38.3 Å². The highest BCUT2D eigenvalue weighted by molar-refractivity contribution is 5.94. The predicted octanol–water partition coefficient (Wildman–Crippen LogP) is 2.04. The number of amides is 1. The van der Waals surface area contributed by atoms with Crippen LogP contribution in [-0.4, -0.2) is 19.4 Å². The molecular weight excluding hydrogens is 211 g/mol. The van der Waals surface area contributed by atoms with E-state index in [0.29, 0.717) is 0 Å². The number of nitrogens with one attached hydrogen (secondary N) is 1. The van der Waals surface area contributed by atoms with Crippen molar-refractivity contribution in [3.63, 3.8) is 0 Å². The summed E-state index contributed by atoms with van der Waals surface area (Å²) in [5.41, 5.74) is 0.00389. The highest BCUT2D eigenvalue weighted by Crippen LogP contribution is 2.25. The van der Waals surface area contributed by atoms with E-state index >= 15 is 0 Å². The minimum Gasteiger partial charge on any atom is -0.494 e. The molecule has 0 saturated carbocycles. The van der Waals surface area contributed by atoms with E-state index in [0.717, 1.165) is 18.2 Å². The first-order valence-corrected chi connectivity index (χ1v) is 3.97. The fraction of sp³-hybridized carbons (Fsp3) is 0.222. The van der Waals surface area contributed by atoms with Crippen molar-refractivity contribution in [1.82, 2.24) is 0 Å². The van der Waals surface area contributed by atoms with E-state index < -0.39 is 18.1 Å². The Bertz CT molecular complexity index is 368. The molecular formula is C9H8F3NO2. The Kier molecular flexibility index (Phi) is 3.54. The van der Waals surface area contributed by atoms with Crippen LogP contribution in [0, 0.1) is 5.82 Å². The minimum atomic E-state index is -3.13. The smallest absolute Gasteiger partial charge is 0.315 e. The van der Waals surface area contributed by atoms with Crippen LogP contribution in [0.25, 0.3) is 0 Å². The van der Waals surface area contributed by atoms with E-state index in [1.807, 2.05) is 5.32 Å². The molecule has 82 valence electrons. The third-order valence-corrected chi connectivity index (χ3v) is 1.62. The highest BCUT2D eigenvalue weighted by atomic mass is 19.3. The van der Waals surface area contributed by atoms with Gasteiger partial charge in [-0.3, -0.25) is 4.79 Å². The van der Waals surface area contributed by atoms with E-state index in [9.17, 15) is 18.0 Å². The van der Waals surface area contributed by atoms with E-state index in [2.05, 4.69) is 0 Å². The van der Waals surface area contributed by atoms with Crippen molar-refractivity contribution < 1.29 is 22.7 Å². The second-order valence-corrected chi connectivity index (χ2v) is 2.63. The number of carbonyl (C=O) groups is 1. The Balaban J connectivity index is 2.89. The molecule has 3 nitrogen and oxygen atoms in total. The van der Waals surface area contributed by atoms with E-state index in [1.54, 1.807) is 0 Å². The van der Waals surface area contributed by atoms with E-state index in [-0.39, 0.29) is 11.4 Å². The number of anilines is 1. The SMILES string of the molecule is COc1cc(F)ccc1NC(=O)C(F)F. The van der Waals surface area contributed by atoms with E-state index in [4.69, 9.17) is 4.74 Å². The normalized spacial score (nSPS) is 10.2. The zero-order chi connectivity index (χ0) is 11.4. The molecule has 0 saturated heterocycles. The Morgan fingerprint density at radius 3 is 2.67 bits per heavy atom. The van der Waals surface area contributed by atoms with Crippen molar-refractivity contribution >= 4 is 11.6 Å². The van der Waals surface area contributed by atoms with Crippen LogP contribution in [0.5, 0.6) is 5.75 Å². The van der Waals surface area contributed by atoms with Crippen LogP contribution in [-0.2, 0) is 4.79 Å². The number of hydrogen-bond acceptors (Lipinski definition) is 2. The number of ether oxygens (including phenoxy) is 1. The van der Waals surface area contributed by atoms with Gasteiger partial charge in [-0.15, -0.1) is 0 Å². The van der Waals surface area contributed by atoms with Crippen molar-refractivity contribution in [3.05, 3.63) is 24.0 Å². The quantitative estimate of drug-likeness (QED) is 0.844. The van der Waals surface area contributed by atoms with Gasteiger partial charge in [0.15, 0.2) is 0 Å². The number of halogens is 3. The second-order valence-electron chi connectivity index (χ2n) is 2.63. The van der Waals surface area contributed by atoms with Gasteiger partial charge in [0.25, 0.3) is 5.91 Å². The maximum atomic E-state index is 12.7. The Labute approximate surface area is 83.8 Å². The average molecular weight is 219 g/mol. The summed E-state index contributed by atoms with van der Waals surface area (Å²) < 4.78 is 41.2. The van der Waals surface area contributed by atoms with Gasteiger partial charge in [0, 0.05) is 6.07 Å². The minimum absolute atomic E-state index is 0.00389. The molecule has 0 heterocycles. The molecule has 6 heteroatoms. The highest BCUT2D eigenvalue weighted by Gasteiger charge is 2.17. The number of rotatable bonds is 3. The summed E-state index contributed by atoms with van der Waals surface area (Å²) in [5, 5.41) is 1.91. The van der Waals surface area contributed by atoms with Gasteiger partial charge in [-0.1, -0.05) is 0 Å². The lowest BCUT2D eigenvalue weighted by atomic mass is 10.3. The monoisotopic (exact) mass is 219 g/mol. The predicted molar refractivity (Wildman–Crippen MR) is 47.6 cm³/mol. The zero-order valence-electron chi connectivity index (χ0n) is 7.76. The summed E-state index contributed by atoms with van der Waals surface area (Å²) in [4.78, 5) is 10.7. The number of methoxy groups -OCH3 is 1. The lowest BCUT2D eigenvalue weighted by molar-refractivity contribution is -0.126. The Hall–Kier alpha value is -1.72. The largest absolute Gasteiger partial charge is 0.494 e. The first-order valence-electron chi connectivity index (χ1n) is 3.97. The molecule has 1 N–H and O–H groups in total. The fourth-order valence-corrected chi connectivity index (χ4v) is 0.956. The van der Waals surface area contributed by atoms with E-state index in [1.165, 1.54) is 7.11 Å². The summed E-state index contributed by atoms with van der Waals surface area (Å²) >= 11 is 0. The van der Waals surface area contributed by atoms with Crippen LogP contribution >= 0.6 is 0 Å². The van der Waals surface area contributed by atoms with Crippen molar-refractivity contribution in [2.24, 2.45) is 0 Å². The van der Waals surface area contributed by atoms with Crippen molar-refractivity contribution in [3.8, 4) is 5.75 Å². The summed E-state index contributed by atoms with van der Waals surface area (Å²) in [6.07, 6.45) is -3.13. The van der Waals surface area contributed by atoms with Gasteiger partial charge in [-0.05, 0) is 12.1 Å². The van der Waals surface area contributed by atoms with Gasteiger partial charge in [0.05, 0.1) is 12.8 Å². The van der Waals surface area contributed by atoms with Crippen molar-refractivity contribution in [2.75, 3.05) is 12.4 Å². The third-order valence-electron chi connectivity index (χ3n) is 1.62. The molecule has 0 aliphatic heterocycles. The van der Waals surface area contributed by atoms with Gasteiger partial charge in [0.1, 0.15) is 11.6 Å². The van der Waals surface area contributed by atoms with Crippen molar-refractivity contribution in [2.45, 2.75) is 6.43 Å². The van der Waals surface area contributed by atoms with Crippen LogP contribution in [0.4, 0.5) is 18.9 Å². The van der Waals surface area contributed by atoms with Crippen LogP contribution < -0.4 is 10.1 Å². The summed E-state index contributed by atoms with van der Waals surface area (Å²) in [5.74, 6) is -2.05. The van der Waals surface area contributed by atoms with Crippen molar-refractivity contribution in [1.29, 1.82) is 0 Å². The Morgan fingerprint density at radius 2 is 2.13 bits per heavy atom. The van der Waals surface area contributed by atoms with Gasteiger partial charge in [0.2, 0.25) is 0 Å². The first-order chi connectivity index (χ1) is 7.04. The standard InChI is InChI=1S/C9H8F3NO2/c1-15-7-4-5(10)2-3-6(7)13-9(14)8(11)12/h2-4,8H,1H3,(H,13,14). The molecule has 0 fully saturated rings. The molecule has 0 aliphatic carbocycles. The summed E-state index contributed by atoms with van der Waals surface area (Å²) in [7, 11) is 1.24. The second kappa shape index (κ2) is 4.68. The van der Waals surface area contributed by atoms with Crippen LogP contribution in [0.15, 0.2) is 18.2 Å². The molecule has 0 radical (unpaired) electrons. The van der Waals surface area contributed by atoms with Gasteiger partial charge in [-0.2, -0.15) is 8.78 Å². The van der Waals surface area contributed by atoms with Crippen LogP contribution in [0.1, 0.15) is 0 Å². The Morgan fingerprint density at radius 1 is 1.47 bits per heavy atom. The zero-order valence-corrected chi connectivity index (χ0v) is 7.76. The van der Waals surface area contributed by atoms with Gasteiger partial charge in [-0.25, -0.2) is 4.39 Å². The number of benzene rings is 1. The third kappa shape index (κ3) is 2.87. The molecule has 1 aromatic carbocycles. The number of alkyl halides is 2. The van der Waals surface area contributed by atoms with Crippen LogP contribution in [0.2, 0.25) is 0 Å². The maximum Gasteiger partial charge on any atom is 0.315 e. The number of hydrogen-bond donors (Lipinski definition) is 1. The lowest BCUT2D eigenvalue weighted by Gasteiger charge is -2.09. The van der Waals surface area contributed by atoms with Gasteiger partial charge < -0.3 is 10.1 Å².